The van der Waals surface area contributed by atoms with Crippen LogP contribution in [0.4, 0.5) is 0 Å². The normalized spacial score (nSPS) is 28.6. The number of carbonyl (C=O) groups excluding carboxylic acids is 1. The lowest BCUT2D eigenvalue weighted by Crippen LogP contribution is -2.57. The van der Waals surface area contributed by atoms with Crippen molar-refractivity contribution in [2.24, 2.45) is 5.92 Å². The molecule has 5 heteroatoms. The summed E-state index contributed by atoms with van der Waals surface area (Å²) in [6.45, 7) is 3.37. The van der Waals surface area contributed by atoms with Crippen LogP contribution in [0.2, 0.25) is 5.02 Å². The molecule has 3 saturated heterocycles. The van der Waals surface area contributed by atoms with Gasteiger partial charge in [-0.2, -0.15) is 0 Å². The third-order valence-corrected chi connectivity index (χ3v) is 4.29. The molecule has 4 rings (SSSR count). The van der Waals surface area contributed by atoms with Crippen LogP contribution in [0.3, 0.4) is 0 Å². The summed E-state index contributed by atoms with van der Waals surface area (Å²) < 4.78 is 0. The molecular formula is C14H18Cl2N2O. The number of benzene rings is 1. The Kier molecular flexibility index (Phi) is 4.71. The Labute approximate surface area is 124 Å². The maximum atomic E-state index is 12.2. The zero-order valence-electron chi connectivity index (χ0n) is 10.6. The monoisotopic (exact) mass is 300 g/mol. The fraction of sp³-hybridized carbons (Fsp3) is 0.500. The van der Waals surface area contributed by atoms with Crippen LogP contribution in [0.15, 0.2) is 24.3 Å². The number of amides is 1. The number of carbonyl (C=O) groups is 1. The van der Waals surface area contributed by atoms with Gasteiger partial charge in [-0.25, -0.2) is 0 Å². The molecule has 0 spiro atoms. The first-order valence-electron chi connectivity index (χ1n) is 6.51. The van der Waals surface area contributed by atoms with E-state index in [0.29, 0.717) is 22.5 Å². The number of hydrogen-bond acceptors (Lipinski definition) is 2. The van der Waals surface area contributed by atoms with Gasteiger partial charge in [0.05, 0.1) is 0 Å². The van der Waals surface area contributed by atoms with Crippen molar-refractivity contribution in [2.75, 3.05) is 19.6 Å². The molecule has 1 atom stereocenters. The standard InChI is InChI=1S/C14H17ClN2O.ClH/c15-12-3-1-2-11(8-12)14(18)16-13-9-17-6-4-10(13)5-7-17;/h1-3,8,10,13H,4-7,9H2,(H,16,18);1H. The van der Waals surface area contributed by atoms with Gasteiger partial charge in [-0.15, -0.1) is 12.4 Å². The molecule has 1 N–H and O–H groups in total. The smallest absolute Gasteiger partial charge is 0.251 e. The molecule has 2 bridgehead atoms. The minimum Gasteiger partial charge on any atom is -0.348 e. The van der Waals surface area contributed by atoms with E-state index in [-0.39, 0.29) is 18.3 Å². The van der Waals surface area contributed by atoms with Crippen molar-refractivity contribution in [1.82, 2.24) is 10.2 Å². The van der Waals surface area contributed by atoms with Gasteiger partial charge < -0.3 is 10.2 Å². The predicted molar refractivity (Wildman–Crippen MR) is 79.1 cm³/mol. The minimum absolute atomic E-state index is 0. The van der Waals surface area contributed by atoms with E-state index in [1.165, 1.54) is 25.9 Å². The molecule has 3 heterocycles. The van der Waals surface area contributed by atoms with Gasteiger partial charge in [-0.3, -0.25) is 4.79 Å². The van der Waals surface area contributed by atoms with E-state index in [1.54, 1.807) is 12.1 Å². The quantitative estimate of drug-likeness (QED) is 0.910. The summed E-state index contributed by atoms with van der Waals surface area (Å²) in [7, 11) is 0. The second kappa shape index (κ2) is 6.12. The van der Waals surface area contributed by atoms with Gasteiger partial charge in [0.15, 0.2) is 0 Å². The highest BCUT2D eigenvalue weighted by molar-refractivity contribution is 6.30. The average Bonchev–Trinajstić information content (AvgIpc) is 2.40. The van der Waals surface area contributed by atoms with Crippen molar-refractivity contribution < 1.29 is 4.79 Å². The van der Waals surface area contributed by atoms with Crippen LogP contribution in [0.25, 0.3) is 0 Å². The summed E-state index contributed by atoms with van der Waals surface area (Å²) in [6.07, 6.45) is 2.42. The Morgan fingerprint density at radius 3 is 2.63 bits per heavy atom. The van der Waals surface area contributed by atoms with Crippen LogP contribution < -0.4 is 5.32 Å². The van der Waals surface area contributed by atoms with Gasteiger partial charge in [0.25, 0.3) is 5.91 Å². The van der Waals surface area contributed by atoms with E-state index in [2.05, 4.69) is 10.2 Å². The van der Waals surface area contributed by atoms with E-state index >= 15 is 0 Å². The van der Waals surface area contributed by atoms with E-state index in [0.717, 1.165) is 6.54 Å². The van der Waals surface area contributed by atoms with Gasteiger partial charge in [0, 0.05) is 23.2 Å². The Bertz CT molecular complexity index is 459. The molecule has 0 saturated carbocycles. The third kappa shape index (κ3) is 3.22. The summed E-state index contributed by atoms with van der Waals surface area (Å²) in [4.78, 5) is 14.6. The average molecular weight is 301 g/mol. The highest BCUT2D eigenvalue weighted by atomic mass is 35.5. The van der Waals surface area contributed by atoms with Crippen molar-refractivity contribution in [2.45, 2.75) is 18.9 Å². The van der Waals surface area contributed by atoms with Crippen LogP contribution in [0, 0.1) is 5.92 Å². The molecule has 3 aliphatic rings. The SMILES string of the molecule is Cl.O=C(NC1CN2CCC1CC2)c1cccc(Cl)c1. The van der Waals surface area contributed by atoms with E-state index in [9.17, 15) is 4.79 Å². The van der Waals surface area contributed by atoms with Crippen LogP contribution in [0.1, 0.15) is 23.2 Å². The van der Waals surface area contributed by atoms with Gasteiger partial charge >= 0.3 is 0 Å². The van der Waals surface area contributed by atoms with Crippen molar-refractivity contribution in [3.05, 3.63) is 34.9 Å². The van der Waals surface area contributed by atoms with Crippen LogP contribution >= 0.6 is 24.0 Å². The zero-order valence-corrected chi connectivity index (χ0v) is 12.2. The Morgan fingerprint density at radius 2 is 2.05 bits per heavy atom. The van der Waals surface area contributed by atoms with Crippen LogP contribution in [0.5, 0.6) is 0 Å². The van der Waals surface area contributed by atoms with Crippen LogP contribution in [-0.4, -0.2) is 36.5 Å². The molecule has 0 aliphatic carbocycles. The van der Waals surface area contributed by atoms with Crippen molar-refractivity contribution >= 4 is 29.9 Å². The minimum atomic E-state index is -0.00347. The Morgan fingerprint density at radius 1 is 1.32 bits per heavy atom. The fourth-order valence-corrected chi connectivity index (χ4v) is 3.20. The van der Waals surface area contributed by atoms with Crippen molar-refractivity contribution in [3.8, 4) is 0 Å². The molecule has 3 fully saturated rings. The highest BCUT2D eigenvalue weighted by Gasteiger charge is 2.34. The molecule has 1 amide bonds. The molecular weight excluding hydrogens is 283 g/mol. The second-order valence-electron chi connectivity index (χ2n) is 5.23. The summed E-state index contributed by atoms with van der Waals surface area (Å²) in [5.74, 6) is 0.648. The van der Waals surface area contributed by atoms with E-state index in [1.807, 2.05) is 12.1 Å². The Hall–Kier alpha value is -0.770. The molecule has 3 nitrogen and oxygen atoms in total. The summed E-state index contributed by atoms with van der Waals surface area (Å²) >= 11 is 5.91. The number of piperidine rings is 3. The maximum Gasteiger partial charge on any atom is 0.251 e. The topological polar surface area (TPSA) is 32.3 Å². The molecule has 0 aromatic heterocycles. The largest absolute Gasteiger partial charge is 0.348 e. The summed E-state index contributed by atoms with van der Waals surface area (Å²) in [5, 5.41) is 3.76. The first-order chi connectivity index (χ1) is 8.72. The third-order valence-electron chi connectivity index (χ3n) is 4.06. The van der Waals surface area contributed by atoms with E-state index < -0.39 is 0 Å². The lowest BCUT2D eigenvalue weighted by Gasteiger charge is -2.44. The van der Waals surface area contributed by atoms with Gasteiger partial charge in [0.1, 0.15) is 0 Å². The molecule has 3 aliphatic heterocycles. The molecule has 1 aromatic rings. The number of nitrogens with zero attached hydrogens (tertiary/aromatic N) is 1. The van der Waals surface area contributed by atoms with Gasteiger partial charge in [0.2, 0.25) is 0 Å². The summed E-state index contributed by atoms with van der Waals surface area (Å²) in [5.41, 5.74) is 0.652. The van der Waals surface area contributed by atoms with Crippen molar-refractivity contribution in [1.29, 1.82) is 0 Å². The lowest BCUT2D eigenvalue weighted by molar-refractivity contribution is 0.0620. The maximum absolute atomic E-state index is 12.2. The van der Waals surface area contributed by atoms with Crippen LogP contribution in [-0.2, 0) is 0 Å². The number of rotatable bonds is 2. The van der Waals surface area contributed by atoms with Gasteiger partial charge in [-0.1, -0.05) is 17.7 Å². The first kappa shape index (κ1) is 14.6. The lowest BCUT2D eigenvalue weighted by atomic mass is 9.84. The number of halogens is 2. The number of fused-ring (bicyclic) bond motifs is 3. The second-order valence-corrected chi connectivity index (χ2v) is 5.66. The molecule has 1 unspecified atom stereocenters. The van der Waals surface area contributed by atoms with Crippen molar-refractivity contribution in [3.63, 3.8) is 0 Å². The number of nitrogens with one attached hydrogen (secondary N) is 1. The van der Waals surface area contributed by atoms with Gasteiger partial charge in [-0.05, 0) is 50.0 Å². The molecule has 0 radical (unpaired) electrons. The Balaban J connectivity index is 0.00000133. The first-order valence-corrected chi connectivity index (χ1v) is 6.89. The zero-order chi connectivity index (χ0) is 12.5. The molecule has 1 aromatic carbocycles. The van der Waals surface area contributed by atoms with E-state index in [4.69, 9.17) is 11.6 Å². The predicted octanol–water partition coefficient (Wildman–Crippen LogP) is 2.59. The fourth-order valence-electron chi connectivity index (χ4n) is 3.01. The summed E-state index contributed by atoms with van der Waals surface area (Å²) in [6, 6.07) is 7.43. The molecule has 19 heavy (non-hydrogen) atoms. The highest BCUT2D eigenvalue weighted by Crippen LogP contribution is 2.27. The molecule has 104 valence electrons. The number of hydrogen-bond donors (Lipinski definition) is 1.